The van der Waals surface area contributed by atoms with Gasteiger partial charge in [-0.05, 0) is 31.4 Å². The minimum atomic E-state index is 1.21. The molecule has 72 valence electrons. The van der Waals surface area contributed by atoms with E-state index in [0.29, 0.717) is 0 Å². The van der Waals surface area contributed by atoms with Crippen molar-refractivity contribution < 1.29 is 0 Å². The second-order valence-corrected chi connectivity index (χ2v) is 3.47. The predicted molar refractivity (Wildman–Crippen MR) is 58.8 cm³/mol. The van der Waals surface area contributed by atoms with Crippen LogP contribution in [-0.4, -0.2) is 4.57 Å². The van der Waals surface area contributed by atoms with Crippen LogP contribution in [0.25, 0.3) is 6.20 Å². The van der Waals surface area contributed by atoms with Gasteiger partial charge in [0.15, 0.2) is 0 Å². The lowest BCUT2D eigenvalue weighted by molar-refractivity contribution is 0.715. The molecule has 0 aliphatic heterocycles. The van der Waals surface area contributed by atoms with Gasteiger partial charge in [0.05, 0.1) is 0 Å². The highest BCUT2D eigenvalue weighted by Crippen LogP contribution is 2.13. The summed E-state index contributed by atoms with van der Waals surface area (Å²) in [7, 11) is 0. The lowest BCUT2D eigenvalue weighted by Crippen LogP contribution is -1.90. The van der Waals surface area contributed by atoms with Crippen molar-refractivity contribution in [2.45, 2.75) is 39.5 Å². The van der Waals surface area contributed by atoms with Gasteiger partial charge in [0.1, 0.15) is 0 Å². The molecule has 0 radical (unpaired) electrons. The van der Waals surface area contributed by atoms with Crippen LogP contribution < -0.4 is 0 Å². The normalized spacial score (nSPS) is 10.3. The third kappa shape index (κ3) is 2.48. The van der Waals surface area contributed by atoms with E-state index in [2.05, 4.69) is 37.3 Å². The van der Waals surface area contributed by atoms with Gasteiger partial charge in [-0.25, -0.2) is 0 Å². The summed E-state index contributed by atoms with van der Waals surface area (Å²) in [4.78, 5) is 0. The first-order chi connectivity index (χ1) is 6.29. The van der Waals surface area contributed by atoms with Gasteiger partial charge < -0.3 is 4.57 Å². The highest BCUT2D eigenvalue weighted by molar-refractivity contribution is 5.31. The predicted octanol–water partition coefficient (Wildman–Crippen LogP) is 3.63. The standard InChI is InChI=1S/C12H19N/c1-4-6-7-8-12-9-10-13(5-2)11(12)3/h5,9-10H,2,4,6-8H2,1,3H3. The first kappa shape index (κ1) is 10.1. The van der Waals surface area contributed by atoms with Gasteiger partial charge in [0.2, 0.25) is 0 Å². The molecule has 1 aromatic heterocycles. The summed E-state index contributed by atoms with van der Waals surface area (Å²) < 4.78 is 2.08. The topological polar surface area (TPSA) is 4.93 Å². The Labute approximate surface area is 81.1 Å². The minimum absolute atomic E-state index is 1.21. The van der Waals surface area contributed by atoms with Gasteiger partial charge in [-0.3, -0.25) is 0 Å². The Morgan fingerprint density at radius 2 is 2.23 bits per heavy atom. The maximum atomic E-state index is 3.76. The molecular weight excluding hydrogens is 158 g/mol. The fourth-order valence-corrected chi connectivity index (χ4v) is 1.60. The highest BCUT2D eigenvalue weighted by Gasteiger charge is 2.01. The van der Waals surface area contributed by atoms with Crippen LogP contribution >= 0.6 is 0 Å². The average molecular weight is 177 g/mol. The van der Waals surface area contributed by atoms with Crippen molar-refractivity contribution in [2.75, 3.05) is 0 Å². The molecule has 13 heavy (non-hydrogen) atoms. The van der Waals surface area contributed by atoms with E-state index < -0.39 is 0 Å². The molecule has 1 heterocycles. The number of unbranched alkanes of at least 4 members (excludes halogenated alkanes) is 2. The quantitative estimate of drug-likeness (QED) is 0.605. The molecule has 0 saturated carbocycles. The molecule has 1 heteroatoms. The molecular formula is C12H19N. The van der Waals surface area contributed by atoms with E-state index in [1.807, 2.05) is 6.20 Å². The van der Waals surface area contributed by atoms with E-state index in [1.165, 1.54) is 36.9 Å². The zero-order valence-corrected chi connectivity index (χ0v) is 8.71. The van der Waals surface area contributed by atoms with Crippen molar-refractivity contribution in [3.05, 3.63) is 30.1 Å². The largest absolute Gasteiger partial charge is 0.328 e. The molecule has 0 spiro atoms. The van der Waals surface area contributed by atoms with Gasteiger partial charge in [-0.1, -0.05) is 26.3 Å². The first-order valence-corrected chi connectivity index (χ1v) is 5.08. The number of nitrogens with zero attached hydrogens (tertiary/aromatic N) is 1. The Kier molecular flexibility index (Phi) is 3.81. The summed E-state index contributed by atoms with van der Waals surface area (Å²) in [6.07, 6.45) is 9.08. The Bertz CT molecular complexity index is 271. The monoisotopic (exact) mass is 177 g/mol. The van der Waals surface area contributed by atoms with Crippen LogP contribution in [0.3, 0.4) is 0 Å². The van der Waals surface area contributed by atoms with Crippen molar-refractivity contribution in [2.24, 2.45) is 0 Å². The van der Waals surface area contributed by atoms with Crippen LogP contribution in [0.1, 0.15) is 37.4 Å². The lowest BCUT2D eigenvalue weighted by Gasteiger charge is -2.01. The second kappa shape index (κ2) is 4.90. The molecule has 0 amide bonds. The van der Waals surface area contributed by atoms with E-state index in [0.717, 1.165) is 0 Å². The molecule has 0 aliphatic rings. The molecule has 1 rings (SSSR count). The number of aryl methyl sites for hydroxylation is 1. The molecule has 1 aromatic rings. The SMILES string of the molecule is C=Cn1ccc(CCCCC)c1C. The van der Waals surface area contributed by atoms with E-state index in [9.17, 15) is 0 Å². The zero-order chi connectivity index (χ0) is 9.68. The lowest BCUT2D eigenvalue weighted by atomic mass is 10.1. The van der Waals surface area contributed by atoms with Crippen LogP contribution in [0.15, 0.2) is 18.8 Å². The third-order valence-corrected chi connectivity index (χ3v) is 2.53. The molecule has 0 N–H and O–H groups in total. The second-order valence-electron chi connectivity index (χ2n) is 3.47. The first-order valence-electron chi connectivity index (χ1n) is 5.08. The minimum Gasteiger partial charge on any atom is -0.328 e. The van der Waals surface area contributed by atoms with Crippen LogP contribution in [-0.2, 0) is 6.42 Å². The average Bonchev–Trinajstić information content (AvgIpc) is 2.48. The van der Waals surface area contributed by atoms with Gasteiger partial charge in [-0.2, -0.15) is 0 Å². The van der Waals surface area contributed by atoms with Crippen LogP contribution in [0.2, 0.25) is 0 Å². The van der Waals surface area contributed by atoms with E-state index in [4.69, 9.17) is 0 Å². The zero-order valence-electron chi connectivity index (χ0n) is 8.71. The van der Waals surface area contributed by atoms with Gasteiger partial charge in [0.25, 0.3) is 0 Å². The van der Waals surface area contributed by atoms with Crippen LogP contribution in [0, 0.1) is 6.92 Å². The molecule has 0 aliphatic carbocycles. The maximum Gasteiger partial charge on any atom is 0.0221 e. The van der Waals surface area contributed by atoms with Gasteiger partial charge in [0, 0.05) is 18.1 Å². The van der Waals surface area contributed by atoms with E-state index >= 15 is 0 Å². The molecule has 0 unspecified atom stereocenters. The Balaban J connectivity index is 2.56. The molecule has 0 bridgehead atoms. The van der Waals surface area contributed by atoms with Crippen LogP contribution in [0.5, 0.6) is 0 Å². The molecule has 0 atom stereocenters. The summed E-state index contributed by atoms with van der Waals surface area (Å²) in [5.41, 5.74) is 2.81. The number of hydrogen-bond donors (Lipinski definition) is 0. The van der Waals surface area contributed by atoms with E-state index in [-0.39, 0.29) is 0 Å². The van der Waals surface area contributed by atoms with Crippen molar-refractivity contribution in [1.82, 2.24) is 4.57 Å². The smallest absolute Gasteiger partial charge is 0.0221 e. The number of aromatic nitrogens is 1. The maximum absolute atomic E-state index is 3.76. The van der Waals surface area contributed by atoms with Crippen LogP contribution in [0.4, 0.5) is 0 Å². The Morgan fingerprint density at radius 1 is 1.46 bits per heavy atom. The molecule has 0 saturated heterocycles. The fraction of sp³-hybridized carbons (Fsp3) is 0.500. The van der Waals surface area contributed by atoms with Gasteiger partial charge >= 0.3 is 0 Å². The molecule has 1 nitrogen and oxygen atoms in total. The van der Waals surface area contributed by atoms with Crippen molar-refractivity contribution in [3.63, 3.8) is 0 Å². The summed E-state index contributed by atoms with van der Waals surface area (Å²) in [5, 5.41) is 0. The fourth-order valence-electron chi connectivity index (χ4n) is 1.60. The molecule has 0 fully saturated rings. The Morgan fingerprint density at radius 3 is 2.77 bits per heavy atom. The Hall–Kier alpha value is -0.980. The molecule has 0 aromatic carbocycles. The van der Waals surface area contributed by atoms with Crippen molar-refractivity contribution in [3.8, 4) is 0 Å². The summed E-state index contributed by atoms with van der Waals surface area (Å²) in [6, 6.07) is 2.20. The third-order valence-electron chi connectivity index (χ3n) is 2.53. The summed E-state index contributed by atoms with van der Waals surface area (Å²) >= 11 is 0. The van der Waals surface area contributed by atoms with Crippen molar-refractivity contribution in [1.29, 1.82) is 0 Å². The highest BCUT2D eigenvalue weighted by atomic mass is 14.9. The number of rotatable bonds is 5. The van der Waals surface area contributed by atoms with Gasteiger partial charge in [-0.15, -0.1) is 0 Å². The summed E-state index contributed by atoms with van der Waals surface area (Å²) in [6.45, 7) is 8.16. The van der Waals surface area contributed by atoms with Crippen molar-refractivity contribution >= 4 is 6.20 Å². The summed E-state index contributed by atoms with van der Waals surface area (Å²) in [5.74, 6) is 0. The van der Waals surface area contributed by atoms with E-state index in [1.54, 1.807) is 0 Å². The number of hydrogen-bond acceptors (Lipinski definition) is 0.